The SMILES string of the molecule is NCCN1CC(NC2CCCC2)CC(c2ccccc2)C1. The van der Waals surface area contributed by atoms with E-state index < -0.39 is 0 Å². The van der Waals surface area contributed by atoms with Gasteiger partial charge in [-0.05, 0) is 30.7 Å². The Bertz CT molecular complexity index is 414. The van der Waals surface area contributed by atoms with Crippen LogP contribution in [-0.4, -0.2) is 43.2 Å². The fourth-order valence-electron chi connectivity index (χ4n) is 4.07. The normalized spacial score (nSPS) is 28.0. The minimum Gasteiger partial charge on any atom is -0.329 e. The molecule has 116 valence electrons. The highest BCUT2D eigenvalue weighted by Crippen LogP contribution is 2.28. The zero-order chi connectivity index (χ0) is 14.5. The molecule has 2 fully saturated rings. The fourth-order valence-corrected chi connectivity index (χ4v) is 4.07. The predicted molar refractivity (Wildman–Crippen MR) is 88.5 cm³/mol. The summed E-state index contributed by atoms with van der Waals surface area (Å²) in [6.45, 7) is 4.10. The van der Waals surface area contributed by atoms with Gasteiger partial charge in [-0.3, -0.25) is 4.90 Å². The standard InChI is InChI=1S/C18H29N3/c19-10-11-21-13-16(15-6-2-1-3-7-15)12-18(14-21)20-17-8-4-5-9-17/h1-3,6-7,16-18,20H,4-5,8-14,19H2. The highest BCUT2D eigenvalue weighted by molar-refractivity contribution is 5.21. The number of rotatable bonds is 5. The number of nitrogens with one attached hydrogen (secondary N) is 1. The summed E-state index contributed by atoms with van der Waals surface area (Å²) in [7, 11) is 0. The minimum atomic E-state index is 0.624. The lowest BCUT2D eigenvalue weighted by Gasteiger charge is -2.39. The molecule has 1 aromatic carbocycles. The largest absolute Gasteiger partial charge is 0.329 e. The van der Waals surface area contributed by atoms with E-state index in [1.165, 1.54) is 37.7 Å². The fraction of sp³-hybridized carbons (Fsp3) is 0.667. The number of piperidine rings is 1. The summed E-state index contributed by atoms with van der Waals surface area (Å²) in [5.41, 5.74) is 7.27. The van der Waals surface area contributed by atoms with E-state index in [4.69, 9.17) is 5.73 Å². The van der Waals surface area contributed by atoms with Crippen LogP contribution in [0.15, 0.2) is 30.3 Å². The number of hydrogen-bond donors (Lipinski definition) is 2. The topological polar surface area (TPSA) is 41.3 Å². The number of nitrogens with zero attached hydrogens (tertiary/aromatic N) is 1. The lowest BCUT2D eigenvalue weighted by molar-refractivity contribution is 0.168. The molecule has 1 heterocycles. The van der Waals surface area contributed by atoms with E-state index >= 15 is 0 Å². The van der Waals surface area contributed by atoms with Gasteiger partial charge in [-0.2, -0.15) is 0 Å². The second kappa shape index (κ2) is 7.39. The van der Waals surface area contributed by atoms with Crippen molar-refractivity contribution in [2.75, 3.05) is 26.2 Å². The quantitative estimate of drug-likeness (QED) is 0.873. The van der Waals surface area contributed by atoms with E-state index in [2.05, 4.69) is 40.5 Å². The van der Waals surface area contributed by atoms with Crippen LogP contribution in [0.4, 0.5) is 0 Å². The Hall–Kier alpha value is -0.900. The van der Waals surface area contributed by atoms with Crippen molar-refractivity contribution in [3.8, 4) is 0 Å². The third-order valence-electron chi connectivity index (χ3n) is 5.07. The highest BCUT2D eigenvalue weighted by Gasteiger charge is 2.29. The van der Waals surface area contributed by atoms with Crippen molar-refractivity contribution in [2.45, 2.75) is 50.1 Å². The van der Waals surface area contributed by atoms with Crippen LogP contribution in [0.5, 0.6) is 0 Å². The molecule has 1 aliphatic carbocycles. The maximum atomic E-state index is 5.79. The molecule has 3 heteroatoms. The van der Waals surface area contributed by atoms with Gasteiger partial charge in [0.1, 0.15) is 0 Å². The first-order valence-electron chi connectivity index (χ1n) is 8.58. The number of likely N-dealkylation sites (tertiary alicyclic amines) is 1. The molecule has 0 amide bonds. The summed E-state index contributed by atoms with van der Waals surface area (Å²) < 4.78 is 0. The van der Waals surface area contributed by atoms with Crippen molar-refractivity contribution in [2.24, 2.45) is 5.73 Å². The van der Waals surface area contributed by atoms with E-state index in [-0.39, 0.29) is 0 Å². The van der Waals surface area contributed by atoms with Crippen molar-refractivity contribution in [1.82, 2.24) is 10.2 Å². The molecule has 2 atom stereocenters. The van der Waals surface area contributed by atoms with Crippen LogP contribution in [0.3, 0.4) is 0 Å². The number of nitrogens with two attached hydrogens (primary N) is 1. The predicted octanol–water partition coefficient (Wildman–Crippen LogP) is 2.34. The van der Waals surface area contributed by atoms with Gasteiger partial charge in [-0.1, -0.05) is 43.2 Å². The second-order valence-corrected chi connectivity index (χ2v) is 6.74. The first-order valence-corrected chi connectivity index (χ1v) is 8.58. The monoisotopic (exact) mass is 287 g/mol. The molecular weight excluding hydrogens is 258 g/mol. The average molecular weight is 287 g/mol. The molecule has 3 N–H and O–H groups in total. The molecular formula is C18H29N3. The molecule has 3 nitrogen and oxygen atoms in total. The third-order valence-corrected chi connectivity index (χ3v) is 5.07. The third kappa shape index (κ3) is 4.06. The van der Waals surface area contributed by atoms with Crippen LogP contribution in [-0.2, 0) is 0 Å². The zero-order valence-electron chi connectivity index (χ0n) is 13.0. The molecule has 2 aliphatic rings. The molecule has 1 aliphatic heterocycles. The summed E-state index contributed by atoms with van der Waals surface area (Å²) >= 11 is 0. The Morgan fingerprint density at radius 1 is 1.05 bits per heavy atom. The smallest absolute Gasteiger partial charge is 0.0203 e. The molecule has 1 aromatic rings. The van der Waals surface area contributed by atoms with Crippen LogP contribution in [0.25, 0.3) is 0 Å². The molecule has 3 rings (SSSR count). The summed E-state index contributed by atoms with van der Waals surface area (Å²) in [6, 6.07) is 12.4. The first kappa shape index (κ1) is 15.0. The molecule has 21 heavy (non-hydrogen) atoms. The van der Waals surface area contributed by atoms with Gasteiger partial charge in [-0.25, -0.2) is 0 Å². The number of hydrogen-bond acceptors (Lipinski definition) is 3. The van der Waals surface area contributed by atoms with Gasteiger partial charge in [0, 0.05) is 38.3 Å². The summed E-state index contributed by atoms with van der Waals surface area (Å²) in [6.07, 6.45) is 6.80. The van der Waals surface area contributed by atoms with Crippen molar-refractivity contribution >= 4 is 0 Å². The Labute approximate surface area is 128 Å². The van der Waals surface area contributed by atoms with E-state index in [1.54, 1.807) is 0 Å². The minimum absolute atomic E-state index is 0.624. The first-order chi connectivity index (χ1) is 10.3. The second-order valence-electron chi connectivity index (χ2n) is 6.74. The molecule has 0 bridgehead atoms. The molecule has 0 spiro atoms. The number of benzene rings is 1. The molecule has 1 saturated carbocycles. The summed E-state index contributed by atoms with van der Waals surface area (Å²) in [4.78, 5) is 2.55. The van der Waals surface area contributed by atoms with E-state index in [9.17, 15) is 0 Å². The maximum absolute atomic E-state index is 5.79. The molecule has 0 radical (unpaired) electrons. The van der Waals surface area contributed by atoms with Crippen molar-refractivity contribution in [1.29, 1.82) is 0 Å². The summed E-state index contributed by atoms with van der Waals surface area (Å²) in [5.74, 6) is 0.644. The lowest BCUT2D eigenvalue weighted by atomic mass is 9.87. The average Bonchev–Trinajstić information content (AvgIpc) is 3.01. The van der Waals surface area contributed by atoms with Crippen LogP contribution >= 0.6 is 0 Å². The van der Waals surface area contributed by atoms with E-state index in [1.807, 2.05) is 0 Å². The van der Waals surface area contributed by atoms with Gasteiger partial charge < -0.3 is 11.1 Å². The Morgan fingerprint density at radius 3 is 2.52 bits per heavy atom. The maximum Gasteiger partial charge on any atom is 0.0203 e. The van der Waals surface area contributed by atoms with Gasteiger partial charge in [0.2, 0.25) is 0 Å². The van der Waals surface area contributed by atoms with Gasteiger partial charge in [-0.15, -0.1) is 0 Å². The van der Waals surface area contributed by atoms with Crippen LogP contribution < -0.4 is 11.1 Å². The van der Waals surface area contributed by atoms with Gasteiger partial charge in [0.15, 0.2) is 0 Å². The van der Waals surface area contributed by atoms with Crippen LogP contribution in [0.2, 0.25) is 0 Å². The van der Waals surface area contributed by atoms with Crippen molar-refractivity contribution < 1.29 is 0 Å². The Kier molecular flexibility index (Phi) is 5.28. The van der Waals surface area contributed by atoms with E-state index in [0.717, 1.165) is 32.2 Å². The molecule has 0 aromatic heterocycles. The highest BCUT2D eigenvalue weighted by atomic mass is 15.2. The Balaban J connectivity index is 1.65. The van der Waals surface area contributed by atoms with Gasteiger partial charge >= 0.3 is 0 Å². The zero-order valence-corrected chi connectivity index (χ0v) is 13.0. The Morgan fingerprint density at radius 2 is 1.81 bits per heavy atom. The van der Waals surface area contributed by atoms with Crippen molar-refractivity contribution in [3.05, 3.63) is 35.9 Å². The van der Waals surface area contributed by atoms with Gasteiger partial charge in [0.05, 0.1) is 0 Å². The molecule has 1 saturated heterocycles. The van der Waals surface area contributed by atoms with Crippen LogP contribution in [0, 0.1) is 0 Å². The van der Waals surface area contributed by atoms with Gasteiger partial charge in [0.25, 0.3) is 0 Å². The molecule has 2 unspecified atom stereocenters. The van der Waals surface area contributed by atoms with E-state index in [0.29, 0.717) is 12.0 Å². The van der Waals surface area contributed by atoms with Crippen LogP contribution in [0.1, 0.15) is 43.6 Å². The van der Waals surface area contributed by atoms with Crippen molar-refractivity contribution in [3.63, 3.8) is 0 Å². The lowest BCUT2D eigenvalue weighted by Crippen LogP contribution is -2.51. The summed E-state index contributed by atoms with van der Waals surface area (Å²) in [5, 5.41) is 3.92.